The third kappa shape index (κ3) is 4.15. The molecular formula is C20H23N5O. The van der Waals surface area contributed by atoms with Crippen LogP contribution in [-0.2, 0) is 4.74 Å². The fourth-order valence-corrected chi connectivity index (χ4v) is 2.70. The maximum absolute atomic E-state index is 5.06. The Hall–Kier alpha value is -2.99. The van der Waals surface area contributed by atoms with Gasteiger partial charge in [-0.05, 0) is 24.6 Å². The van der Waals surface area contributed by atoms with Gasteiger partial charge in [-0.1, -0.05) is 18.2 Å². The smallest absolute Gasteiger partial charge is 0.130 e. The van der Waals surface area contributed by atoms with E-state index < -0.39 is 0 Å². The van der Waals surface area contributed by atoms with E-state index in [1.54, 1.807) is 13.4 Å². The molecule has 2 N–H and O–H groups in total. The average molecular weight is 349 g/mol. The third-order valence-corrected chi connectivity index (χ3v) is 4.12. The normalized spacial score (nSPS) is 10.6. The van der Waals surface area contributed by atoms with Crippen LogP contribution in [0.3, 0.4) is 0 Å². The summed E-state index contributed by atoms with van der Waals surface area (Å²) in [6, 6.07) is 12.4. The number of rotatable bonds is 7. The minimum Gasteiger partial charge on any atom is -0.387 e. The second kappa shape index (κ2) is 8.40. The molecule has 2 aromatic heterocycles. The Morgan fingerprint density at radius 1 is 1.04 bits per heavy atom. The van der Waals surface area contributed by atoms with Crippen molar-refractivity contribution in [2.75, 3.05) is 37.9 Å². The highest BCUT2D eigenvalue weighted by Gasteiger charge is 2.08. The van der Waals surface area contributed by atoms with Gasteiger partial charge in [0.1, 0.15) is 12.1 Å². The third-order valence-electron chi connectivity index (χ3n) is 4.12. The molecule has 0 saturated carbocycles. The number of hydrogen-bond acceptors (Lipinski definition) is 6. The van der Waals surface area contributed by atoms with Crippen molar-refractivity contribution in [2.24, 2.45) is 0 Å². The number of aromatic nitrogens is 3. The van der Waals surface area contributed by atoms with Gasteiger partial charge in [-0.2, -0.15) is 0 Å². The first-order valence-electron chi connectivity index (χ1n) is 8.51. The van der Waals surface area contributed by atoms with Crippen LogP contribution in [0.5, 0.6) is 0 Å². The molecule has 0 amide bonds. The highest BCUT2D eigenvalue weighted by molar-refractivity contribution is 5.75. The fourth-order valence-electron chi connectivity index (χ4n) is 2.70. The molecule has 134 valence electrons. The van der Waals surface area contributed by atoms with Crippen molar-refractivity contribution in [2.45, 2.75) is 6.92 Å². The molecule has 0 aliphatic rings. The summed E-state index contributed by atoms with van der Waals surface area (Å²) in [5.74, 6) is 0.785. The van der Waals surface area contributed by atoms with E-state index in [4.69, 9.17) is 4.74 Å². The molecule has 0 bridgehead atoms. The van der Waals surface area contributed by atoms with Gasteiger partial charge in [0, 0.05) is 43.6 Å². The number of ether oxygens (including phenoxy) is 1. The van der Waals surface area contributed by atoms with E-state index in [1.807, 2.05) is 32.3 Å². The minimum atomic E-state index is 0.628. The van der Waals surface area contributed by atoms with Gasteiger partial charge in [0.25, 0.3) is 0 Å². The zero-order valence-electron chi connectivity index (χ0n) is 15.3. The van der Waals surface area contributed by atoms with Crippen LogP contribution in [-0.4, -0.2) is 42.3 Å². The van der Waals surface area contributed by atoms with Gasteiger partial charge < -0.3 is 15.4 Å². The summed E-state index contributed by atoms with van der Waals surface area (Å²) < 4.78 is 5.06. The first kappa shape index (κ1) is 17.8. The molecule has 6 heteroatoms. The molecule has 0 unspecified atom stereocenters. The first-order chi connectivity index (χ1) is 12.7. The number of nitrogens with one attached hydrogen (secondary N) is 2. The Morgan fingerprint density at radius 2 is 1.88 bits per heavy atom. The molecule has 3 rings (SSSR count). The summed E-state index contributed by atoms with van der Waals surface area (Å²) in [6.07, 6.45) is 3.41. The van der Waals surface area contributed by atoms with E-state index in [9.17, 15) is 0 Å². The Kier molecular flexibility index (Phi) is 5.76. The van der Waals surface area contributed by atoms with Gasteiger partial charge in [-0.25, -0.2) is 9.97 Å². The zero-order chi connectivity index (χ0) is 18.4. The van der Waals surface area contributed by atoms with Crippen molar-refractivity contribution in [1.82, 2.24) is 15.0 Å². The Labute approximate surface area is 153 Å². The summed E-state index contributed by atoms with van der Waals surface area (Å²) in [6.45, 7) is 3.35. The summed E-state index contributed by atoms with van der Waals surface area (Å²) in [7, 11) is 3.57. The molecule has 1 aromatic carbocycles. The summed E-state index contributed by atoms with van der Waals surface area (Å²) in [5, 5.41) is 6.37. The molecule has 2 heterocycles. The lowest BCUT2D eigenvalue weighted by molar-refractivity contribution is 0.210. The monoisotopic (exact) mass is 349 g/mol. The molecule has 0 atom stereocenters. The predicted molar refractivity (Wildman–Crippen MR) is 105 cm³/mol. The molecule has 6 nitrogen and oxygen atoms in total. The van der Waals surface area contributed by atoms with Gasteiger partial charge in [-0.15, -0.1) is 0 Å². The lowest BCUT2D eigenvalue weighted by Crippen LogP contribution is -2.08. The maximum Gasteiger partial charge on any atom is 0.130 e. The summed E-state index contributed by atoms with van der Waals surface area (Å²) >= 11 is 0. The second-order valence-corrected chi connectivity index (χ2v) is 5.90. The van der Waals surface area contributed by atoms with E-state index in [-0.39, 0.29) is 0 Å². The first-order valence-corrected chi connectivity index (χ1v) is 8.51. The molecule has 0 aliphatic heterocycles. The number of methoxy groups -OCH3 is 1. The second-order valence-electron chi connectivity index (χ2n) is 5.90. The van der Waals surface area contributed by atoms with Crippen molar-refractivity contribution >= 4 is 11.5 Å². The quantitative estimate of drug-likeness (QED) is 0.635. The standard InChI is InChI=1S/C20H23N5O/c1-14-18(10-17(21-2)12-23-14)15-5-4-6-16(9-15)19-11-20(25-13-24-19)22-7-8-26-3/h4-6,9-13,21H,7-8H2,1-3H3,(H,22,24,25). The molecule has 26 heavy (non-hydrogen) atoms. The van der Waals surface area contributed by atoms with Gasteiger partial charge in [0.05, 0.1) is 24.2 Å². The Morgan fingerprint density at radius 3 is 2.69 bits per heavy atom. The molecule has 3 aromatic rings. The molecular weight excluding hydrogens is 326 g/mol. The van der Waals surface area contributed by atoms with Gasteiger partial charge in [0.2, 0.25) is 0 Å². The van der Waals surface area contributed by atoms with Gasteiger partial charge >= 0.3 is 0 Å². The lowest BCUT2D eigenvalue weighted by atomic mass is 10.0. The predicted octanol–water partition coefficient (Wildman–Crippen LogP) is 3.61. The number of nitrogens with zero attached hydrogens (tertiary/aromatic N) is 3. The highest BCUT2D eigenvalue weighted by atomic mass is 16.5. The maximum atomic E-state index is 5.06. The molecule has 0 fully saturated rings. The largest absolute Gasteiger partial charge is 0.387 e. The van der Waals surface area contributed by atoms with E-state index >= 15 is 0 Å². The van der Waals surface area contributed by atoms with Crippen molar-refractivity contribution < 1.29 is 4.74 Å². The summed E-state index contributed by atoms with van der Waals surface area (Å²) in [4.78, 5) is 13.2. The average Bonchev–Trinajstić information content (AvgIpc) is 2.69. The molecule has 0 radical (unpaired) electrons. The number of aryl methyl sites for hydroxylation is 1. The van der Waals surface area contributed by atoms with Crippen LogP contribution in [0.25, 0.3) is 22.4 Å². The Balaban J connectivity index is 1.92. The van der Waals surface area contributed by atoms with Crippen molar-refractivity contribution in [3.63, 3.8) is 0 Å². The van der Waals surface area contributed by atoms with Crippen LogP contribution >= 0.6 is 0 Å². The summed E-state index contributed by atoms with van der Waals surface area (Å²) in [5.41, 5.74) is 6.10. The van der Waals surface area contributed by atoms with Crippen LogP contribution in [0.2, 0.25) is 0 Å². The topological polar surface area (TPSA) is 72.0 Å². The van der Waals surface area contributed by atoms with Crippen LogP contribution in [0.4, 0.5) is 11.5 Å². The van der Waals surface area contributed by atoms with Gasteiger partial charge in [0.15, 0.2) is 0 Å². The van der Waals surface area contributed by atoms with E-state index in [0.717, 1.165) is 39.6 Å². The van der Waals surface area contributed by atoms with Crippen LogP contribution in [0, 0.1) is 6.92 Å². The van der Waals surface area contributed by atoms with Crippen molar-refractivity contribution in [1.29, 1.82) is 0 Å². The SMILES string of the molecule is CNc1cnc(C)c(-c2cccc(-c3cc(NCCOC)ncn3)c2)c1. The van der Waals surface area contributed by atoms with E-state index in [2.05, 4.69) is 49.9 Å². The van der Waals surface area contributed by atoms with Crippen molar-refractivity contribution in [3.8, 4) is 22.4 Å². The number of hydrogen-bond donors (Lipinski definition) is 2. The zero-order valence-corrected chi connectivity index (χ0v) is 15.3. The van der Waals surface area contributed by atoms with Crippen LogP contribution in [0.1, 0.15) is 5.69 Å². The molecule has 0 spiro atoms. The minimum absolute atomic E-state index is 0.628. The van der Waals surface area contributed by atoms with E-state index in [0.29, 0.717) is 13.2 Å². The van der Waals surface area contributed by atoms with E-state index in [1.165, 1.54) is 0 Å². The lowest BCUT2D eigenvalue weighted by Gasteiger charge is -2.10. The highest BCUT2D eigenvalue weighted by Crippen LogP contribution is 2.29. The Bertz CT molecular complexity index is 882. The number of anilines is 2. The molecule has 0 aliphatic carbocycles. The van der Waals surface area contributed by atoms with Crippen LogP contribution < -0.4 is 10.6 Å². The fraction of sp³-hybridized carbons (Fsp3) is 0.250. The van der Waals surface area contributed by atoms with Crippen molar-refractivity contribution in [3.05, 3.63) is 54.6 Å². The molecule has 0 saturated heterocycles. The number of pyridine rings is 1. The number of benzene rings is 1. The van der Waals surface area contributed by atoms with Crippen LogP contribution in [0.15, 0.2) is 48.9 Å². The van der Waals surface area contributed by atoms with Gasteiger partial charge in [-0.3, -0.25) is 4.98 Å².